The van der Waals surface area contributed by atoms with Gasteiger partial charge in [-0.3, -0.25) is 10.2 Å². The van der Waals surface area contributed by atoms with Gasteiger partial charge in [-0.2, -0.15) is 0 Å². The van der Waals surface area contributed by atoms with E-state index in [0.29, 0.717) is 6.07 Å². The molecule has 0 saturated carbocycles. The molecule has 1 amide bonds. The minimum Gasteiger partial charge on any atom is -0.482 e. The first-order valence-corrected chi connectivity index (χ1v) is 5.14. The molecule has 0 unspecified atom stereocenters. The van der Waals surface area contributed by atoms with Crippen molar-refractivity contribution in [3.63, 3.8) is 0 Å². The first-order chi connectivity index (χ1) is 9.10. The summed E-state index contributed by atoms with van der Waals surface area (Å²) in [5.74, 6) is 2.82. The van der Waals surface area contributed by atoms with Crippen LogP contribution in [0.15, 0.2) is 28.8 Å². The summed E-state index contributed by atoms with van der Waals surface area (Å²) in [5.41, 5.74) is 1.85. The number of carbonyl (C=O) groups is 1. The van der Waals surface area contributed by atoms with E-state index in [9.17, 15) is 13.6 Å². The van der Waals surface area contributed by atoms with Gasteiger partial charge in [-0.1, -0.05) is 5.16 Å². The first kappa shape index (κ1) is 13.0. The second-order valence-electron chi connectivity index (χ2n) is 3.52. The fourth-order valence-corrected chi connectivity index (χ4v) is 1.30. The van der Waals surface area contributed by atoms with Crippen molar-refractivity contribution in [3.8, 4) is 5.75 Å². The average molecular weight is 269 g/mol. The van der Waals surface area contributed by atoms with Crippen LogP contribution in [0.5, 0.6) is 5.75 Å². The number of nitrogens with zero attached hydrogens (tertiary/aromatic N) is 1. The summed E-state index contributed by atoms with van der Waals surface area (Å²) in [4.78, 5) is 11.1. The molecule has 8 heteroatoms. The van der Waals surface area contributed by atoms with E-state index >= 15 is 0 Å². The van der Waals surface area contributed by atoms with E-state index in [4.69, 9.17) is 15.1 Å². The predicted octanol–water partition coefficient (Wildman–Crippen LogP) is 1.14. The molecule has 0 aliphatic rings. The standard InChI is InChI=1S/C11H9F2N3O3/c12-6-1-2-10(8(13)3-6)18-5-7-4-9(16-19-7)11(17)15-14/h1-4H,5,14H2,(H,15,17). The van der Waals surface area contributed by atoms with E-state index in [2.05, 4.69) is 5.16 Å². The van der Waals surface area contributed by atoms with Crippen LogP contribution in [0.3, 0.4) is 0 Å². The number of halogens is 2. The normalized spacial score (nSPS) is 10.3. The molecule has 0 radical (unpaired) electrons. The Bertz CT molecular complexity index is 601. The maximum Gasteiger partial charge on any atom is 0.287 e. The van der Waals surface area contributed by atoms with Crippen molar-refractivity contribution in [1.29, 1.82) is 0 Å². The van der Waals surface area contributed by atoms with Crippen LogP contribution in [-0.4, -0.2) is 11.1 Å². The van der Waals surface area contributed by atoms with Gasteiger partial charge in [0.05, 0.1) is 0 Å². The lowest BCUT2D eigenvalue weighted by Gasteiger charge is -2.04. The molecule has 2 aromatic rings. The second-order valence-corrected chi connectivity index (χ2v) is 3.52. The molecule has 2 rings (SSSR count). The monoisotopic (exact) mass is 269 g/mol. The zero-order valence-electron chi connectivity index (χ0n) is 9.52. The fraction of sp³-hybridized carbons (Fsp3) is 0.0909. The van der Waals surface area contributed by atoms with E-state index < -0.39 is 17.5 Å². The van der Waals surface area contributed by atoms with Crippen LogP contribution in [0.1, 0.15) is 16.2 Å². The number of carbonyl (C=O) groups excluding carboxylic acids is 1. The van der Waals surface area contributed by atoms with Crippen LogP contribution in [0.4, 0.5) is 8.78 Å². The number of amides is 1. The first-order valence-electron chi connectivity index (χ1n) is 5.14. The Kier molecular flexibility index (Phi) is 3.71. The van der Waals surface area contributed by atoms with Crippen LogP contribution in [-0.2, 0) is 6.61 Å². The van der Waals surface area contributed by atoms with Crippen molar-refractivity contribution in [2.75, 3.05) is 0 Å². The molecule has 0 atom stereocenters. The van der Waals surface area contributed by atoms with Crippen molar-refractivity contribution in [2.45, 2.75) is 6.61 Å². The molecule has 6 nitrogen and oxygen atoms in total. The van der Waals surface area contributed by atoms with Gasteiger partial charge >= 0.3 is 0 Å². The highest BCUT2D eigenvalue weighted by Gasteiger charge is 2.12. The molecule has 3 N–H and O–H groups in total. The summed E-state index contributed by atoms with van der Waals surface area (Å²) < 4.78 is 35.8. The Morgan fingerprint density at radius 3 is 2.89 bits per heavy atom. The predicted molar refractivity (Wildman–Crippen MR) is 58.8 cm³/mol. The van der Waals surface area contributed by atoms with Gasteiger partial charge in [0.25, 0.3) is 5.91 Å². The van der Waals surface area contributed by atoms with Crippen molar-refractivity contribution >= 4 is 5.91 Å². The van der Waals surface area contributed by atoms with Crippen molar-refractivity contribution in [1.82, 2.24) is 10.6 Å². The summed E-state index contributed by atoms with van der Waals surface area (Å²) in [6, 6.07) is 4.20. The molecule has 0 fully saturated rings. The highest BCUT2D eigenvalue weighted by molar-refractivity contribution is 5.91. The third kappa shape index (κ3) is 3.05. The van der Waals surface area contributed by atoms with Gasteiger partial charge in [0.2, 0.25) is 0 Å². The van der Waals surface area contributed by atoms with Crippen molar-refractivity contribution < 1.29 is 22.8 Å². The molecule has 0 saturated heterocycles. The number of rotatable bonds is 4. The molecule has 0 aliphatic heterocycles. The number of ether oxygens (including phenoxy) is 1. The smallest absolute Gasteiger partial charge is 0.287 e. The molecule has 1 aromatic heterocycles. The number of hydrogen-bond acceptors (Lipinski definition) is 5. The van der Waals surface area contributed by atoms with Gasteiger partial charge in [-0.15, -0.1) is 0 Å². The molecule has 1 aromatic carbocycles. The number of nitrogens with two attached hydrogens (primary N) is 1. The van der Waals surface area contributed by atoms with Gasteiger partial charge in [0.15, 0.2) is 23.0 Å². The Balaban J connectivity index is 2.02. The van der Waals surface area contributed by atoms with Gasteiger partial charge < -0.3 is 9.26 Å². The number of hydrogen-bond donors (Lipinski definition) is 2. The SMILES string of the molecule is NNC(=O)c1cc(COc2ccc(F)cc2F)on1. The van der Waals surface area contributed by atoms with E-state index in [1.807, 2.05) is 5.43 Å². The average Bonchev–Trinajstić information content (AvgIpc) is 2.85. The van der Waals surface area contributed by atoms with Gasteiger partial charge in [-0.25, -0.2) is 14.6 Å². The molecular formula is C11H9F2N3O3. The van der Waals surface area contributed by atoms with Gasteiger partial charge in [-0.05, 0) is 12.1 Å². The molecule has 0 aliphatic carbocycles. The molecule has 19 heavy (non-hydrogen) atoms. The van der Waals surface area contributed by atoms with Crippen LogP contribution in [0.25, 0.3) is 0 Å². The van der Waals surface area contributed by atoms with Crippen molar-refractivity contribution in [3.05, 3.63) is 47.4 Å². The number of hydrazine groups is 1. The quantitative estimate of drug-likeness (QED) is 0.493. The van der Waals surface area contributed by atoms with Gasteiger partial charge in [0, 0.05) is 12.1 Å². The van der Waals surface area contributed by atoms with Gasteiger partial charge in [0.1, 0.15) is 12.4 Å². The van der Waals surface area contributed by atoms with E-state index in [1.165, 1.54) is 6.07 Å². The summed E-state index contributed by atoms with van der Waals surface area (Å²) in [6.45, 7) is -0.159. The second kappa shape index (κ2) is 5.44. The number of aromatic nitrogens is 1. The Morgan fingerprint density at radius 2 is 2.21 bits per heavy atom. The minimum atomic E-state index is -0.834. The molecule has 0 spiro atoms. The molecular weight excluding hydrogens is 260 g/mol. The van der Waals surface area contributed by atoms with E-state index in [-0.39, 0.29) is 23.8 Å². The van der Waals surface area contributed by atoms with Crippen LogP contribution < -0.4 is 16.0 Å². The zero-order valence-corrected chi connectivity index (χ0v) is 9.52. The van der Waals surface area contributed by atoms with Crippen LogP contribution in [0.2, 0.25) is 0 Å². The molecule has 1 heterocycles. The topological polar surface area (TPSA) is 90.4 Å². The maximum absolute atomic E-state index is 13.2. The number of nitrogens with one attached hydrogen (secondary N) is 1. The Labute approximate surface area is 106 Å². The summed E-state index contributed by atoms with van der Waals surface area (Å²) in [7, 11) is 0. The minimum absolute atomic E-state index is 0.0271. The highest BCUT2D eigenvalue weighted by atomic mass is 19.1. The van der Waals surface area contributed by atoms with Crippen molar-refractivity contribution in [2.24, 2.45) is 5.84 Å². The Morgan fingerprint density at radius 1 is 1.42 bits per heavy atom. The Hall–Kier alpha value is -2.48. The summed E-state index contributed by atoms with van der Waals surface area (Å²) in [5, 5.41) is 3.43. The third-order valence-corrected chi connectivity index (χ3v) is 2.19. The van der Waals surface area contributed by atoms with E-state index in [0.717, 1.165) is 12.1 Å². The summed E-state index contributed by atoms with van der Waals surface area (Å²) in [6.07, 6.45) is 0. The molecule has 0 bridgehead atoms. The summed E-state index contributed by atoms with van der Waals surface area (Å²) >= 11 is 0. The van der Waals surface area contributed by atoms with Crippen LogP contribution in [0, 0.1) is 11.6 Å². The number of benzene rings is 1. The highest BCUT2D eigenvalue weighted by Crippen LogP contribution is 2.19. The van der Waals surface area contributed by atoms with E-state index in [1.54, 1.807) is 0 Å². The third-order valence-electron chi connectivity index (χ3n) is 2.19. The lowest BCUT2D eigenvalue weighted by molar-refractivity contribution is 0.0944. The molecule has 100 valence electrons. The fourth-order valence-electron chi connectivity index (χ4n) is 1.30. The zero-order chi connectivity index (χ0) is 13.8. The number of nitrogen functional groups attached to an aromatic ring is 1. The maximum atomic E-state index is 13.2. The lowest BCUT2D eigenvalue weighted by atomic mass is 10.3. The van der Waals surface area contributed by atoms with Crippen LogP contribution >= 0.6 is 0 Å². The largest absolute Gasteiger partial charge is 0.482 e. The lowest BCUT2D eigenvalue weighted by Crippen LogP contribution is -2.30.